The number of carbonyl (C=O) groups excluding carboxylic acids is 1. The summed E-state index contributed by atoms with van der Waals surface area (Å²) in [5.74, 6) is 0.734. The van der Waals surface area contributed by atoms with Crippen molar-refractivity contribution in [3.63, 3.8) is 0 Å². The van der Waals surface area contributed by atoms with Gasteiger partial charge >= 0.3 is 0 Å². The van der Waals surface area contributed by atoms with Crippen LogP contribution in [0.1, 0.15) is 68.9 Å². The van der Waals surface area contributed by atoms with Crippen LogP contribution >= 0.6 is 11.9 Å². The molecule has 2 heterocycles. The Balaban J connectivity index is 1.54. The van der Waals surface area contributed by atoms with Gasteiger partial charge in [0.25, 0.3) is 5.91 Å². The normalized spacial score (nSPS) is 17.3. The highest BCUT2D eigenvalue weighted by Gasteiger charge is 2.26. The minimum Gasteiger partial charge on any atom is -0.381 e. The van der Waals surface area contributed by atoms with Gasteiger partial charge in [-0.3, -0.25) is 9.52 Å². The second kappa shape index (κ2) is 10.6. The number of nitrogens with zero attached hydrogens (tertiary/aromatic N) is 1. The van der Waals surface area contributed by atoms with E-state index in [1.54, 1.807) is 11.9 Å². The molecule has 192 valence electrons. The molecule has 1 amide bonds. The van der Waals surface area contributed by atoms with Crippen LogP contribution in [0.5, 0.6) is 0 Å². The molecule has 0 radical (unpaired) electrons. The van der Waals surface area contributed by atoms with Gasteiger partial charge in [-0.1, -0.05) is 36.8 Å². The van der Waals surface area contributed by atoms with Gasteiger partial charge < -0.3 is 14.6 Å². The number of carbonyl (C=O) groups is 1. The van der Waals surface area contributed by atoms with Crippen LogP contribution in [0.15, 0.2) is 47.4 Å². The van der Waals surface area contributed by atoms with Crippen molar-refractivity contribution in [2.75, 3.05) is 13.2 Å². The Kier molecular flexibility index (Phi) is 7.47. The zero-order valence-corrected chi connectivity index (χ0v) is 22.8. The van der Waals surface area contributed by atoms with Crippen molar-refractivity contribution >= 4 is 28.6 Å². The maximum atomic E-state index is 13.4. The Morgan fingerprint density at radius 1 is 1.06 bits per heavy atom. The molecule has 2 aliphatic rings. The molecule has 5 rings (SSSR count). The van der Waals surface area contributed by atoms with Crippen LogP contribution < -0.4 is 10.0 Å². The van der Waals surface area contributed by atoms with Crippen molar-refractivity contribution in [2.45, 2.75) is 82.8 Å². The van der Waals surface area contributed by atoms with Crippen molar-refractivity contribution in [2.24, 2.45) is 5.92 Å². The average molecular weight is 506 g/mol. The van der Waals surface area contributed by atoms with Gasteiger partial charge in [0, 0.05) is 53.2 Å². The minimum absolute atomic E-state index is 0.0196. The molecule has 2 aromatic carbocycles. The fourth-order valence-corrected chi connectivity index (χ4v) is 6.00. The molecule has 3 aromatic rings. The summed E-state index contributed by atoms with van der Waals surface area (Å²) in [4.78, 5) is 14.6. The Morgan fingerprint density at radius 3 is 2.44 bits per heavy atom. The number of rotatable bonds is 7. The number of hydrogen-bond donors (Lipinski definition) is 2. The molecule has 0 atom stereocenters. The second-order valence-corrected chi connectivity index (χ2v) is 12.3. The molecular formula is C30H39N3O2S. The third kappa shape index (κ3) is 5.51. The highest BCUT2D eigenvalue weighted by molar-refractivity contribution is 7.97. The van der Waals surface area contributed by atoms with Gasteiger partial charge in [0.05, 0.1) is 5.56 Å². The SMILES string of the molecule is Cc1c(C(=O)NC2CCOCC2)cc(-c2ccc(SNC(C)(C)C)c3ccccc23)n1CC1CCC1. The monoisotopic (exact) mass is 505 g/mol. The number of nitrogens with one attached hydrogen (secondary N) is 2. The van der Waals surface area contributed by atoms with Crippen molar-refractivity contribution < 1.29 is 9.53 Å². The number of aromatic nitrogens is 1. The summed E-state index contributed by atoms with van der Waals surface area (Å²) in [6, 6.07) is 15.4. The topological polar surface area (TPSA) is 55.3 Å². The molecule has 36 heavy (non-hydrogen) atoms. The first kappa shape index (κ1) is 25.4. The van der Waals surface area contributed by atoms with Gasteiger partial charge in [0.1, 0.15) is 0 Å². The van der Waals surface area contributed by atoms with Crippen molar-refractivity contribution in [3.05, 3.63) is 53.7 Å². The maximum Gasteiger partial charge on any atom is 0.253 e. The molecular weight excluding hydrogens is 466 g/mol. The fourth-order valence-electron chi connectivity index (χ4n) is 5.16. The van der Waals surface area contributed by atoms with Crippen LogP contribution in [0.3, 0.4) is 0 Å². The minimum atomic E-state index is 0.0196. The summed E-state index contributed by atoms with van der Waals surface area (Å²) in [6.07, 6.45) is 5.62. The molecule has 0 unspecified atom stereocenters. The van der Waals surface area contributed by atoms with E-state index in [4.69, 9.17) is 4.74 Å². The second-order valence-electron chi connectivity index (χ2n) is 11.4. The standard InChI is InChI=1S/C30H39N3O2S/c1-20-26(29(34)31-22-14-16-35-17-15-22)18-27(33(20)19-21-8-7-9-21)24-12-13-28(36-32-30(2,3)4)25-11-6-5-10-23(24)25/h5-6,10-13,18,21-22,32H,7-9,14-17,19H2,1-4H3,(H,31,34). The first-order chi connectivity index (χ1) is 17.3. The van der Waals surface area contributed by atoms with Crippen LogP contribution in [-0.2, 0) is 11.3 Å². The van der Waals surface area contributed by atoms with E-state index >= 15 is 0 Å². The molecule has 1 aliphatic carbocycles. The van der Waals surface area contributed by atoms with E-state index < -0.39 is 0 Å². The maximum absolute atomic E-state index is 13.4. The molecule has 0 bridgehead atoms. The number of ether oxygens (including phenoxy) is 1. The van der Waals surface area contributed by atoms with Gasteiger partial charge in [-0.05, 0) is 94.1 Å². The van der Waals surface area contributed by atoms with Crippen LogP contribution in [-0.4, -0.2) is 35.3 Å². The summed E-state index contributed by atoms with van der Waals surface area (Å²) >= 11 is 1.69. The molecule has 1 aliphatic heterocycles. The van der Waals surface area contributed by atoms with E-state index in [1.165, 1.54) is 40.5 Å². The summed E-state index contributed by atoms with van der Waals surface area (Å²) in [7, 11) is 0. The summed E-state index contributed by atoms with van der Waals surface area (Å²) in [5.41, 5.74) is 4.23. The molecule has 1 saturated carbocycles. The fraction of sp³-hybridized carbons (Fsp3) is 0.500. The first-order valence-electron chi connectivity index (χ1n) is 13.3. The Labute approximate surface area is 219 Å². The lowest BCUT2D eigenvalue weighted by Crippen LogP contribution is -2.39. The predicted octanol–water partition coefficient (Wildman–Crippen LogP) is 6.72. The Morgan fingerprint density at radius 2 is 1.78 bits per heavy atom. The predicted molar refractivity (Wildman–Crippen MR) is 150 cm³/mol. The largest absolute Gasteiger partial charge is 0.381 e. The zero-order chi connectivity index (χ0) is 25.3. The van der Waals surface area contributed by atoms with Gasteiger partial charge in [0.15, 0.2) is 0 Å². The molecule has 1 aromatic heterocycles. The van der Waals surface area contributed by atoms with Crippen molar-refractivity contribution in [3.8, 4) is 11.3 Å². The average Bonchev–Trinajstić information content (AvgIpc) is 3.15. The Hall–Kier alpha value is -2.28. The summed E-state index contributed by atoms with van der Waals surface area (Å²) < 4.78 is 11.4. The van der Waals surface area contributed by atoms with Crippen LogP contribution in [0.4, 0.5) is 0 Å². The lowest BCUT2D eigenvalue weighted by molar-refractivity contribution is 0.0696. The molecule has 2 fully saturated rings. The molecule has 0 spiro atoms. The Bertz CT molecular complexity index is 1230. The first-order valence-corrected chi connectivity index (χ1v) is 14.2. The van der Waals surface area contributed by atoms with E-state index in [0.29, 0.717) is 5.92 Å². The number of fused-ring (bicyclic) bond motifs is 1. The smallest absolute Gasteiger partial charge is 0.253 e. The molecule has 5 nitrogen and oxygen atoms in total. The van der Waals surface area contributed by atoms with Gasteiger partial charge in [-0.15, -0.1) is 0 Å². The lowest BCUT2D eigenvalue weighted by atomic mass is 9.85. The van der Waals surface area contributed by atoms with Gasteiger partial charge in [-0.25, -0.2) is 0 Å². The van der Waals surface area contributed by atoms with Crippen LogP contribution in [0.25, 0.3) is 22.0 Å². The number of hydrogen-bond acceptors (Lipinski definition) is 4. The third-order valence-electron chi connectivity index (χ3n) is 7.46. The highest BCUT2D eigenvalue weighted by atomic mass is 32.2. The van der Waals surface area contributed by atoms with E-state index in [1.807, 2.05) is 0 Å². The van der Waals surface area contributed by atoms with Crippen LogP contribution in [0, 0.1) is 12.8 Å². The van der Waals surface area contributed by atoms with Crippen molar-refractivity contribution in [1.29, 1.82) is 0 Å². The van der Waals surface area contributed by atoms with Gasteiger partial charge in [0.2, 0.25) is 0 Å². The van der Waals surface area contributed by atoms with E-state index in [9.17, 15) is 4.79 Å². The number of benzene rings is 2. The highest BCUT2D eigenvalue weighted by Crippen LogP contribution is 2.38. The molecule has 2 N–H and O–H groups in total. The third-order valence-corrected chi connectivity index (χ3v) is 8.75. The lowest BCUT2D eigenvalue weighted by Gasteiger charge is -2.28. The van der Waals surface area contributed by atoms with E-state index in [2.05, 4.69) is 84.8 Å². The molecule has 1 saturated heterocycles. The van der Waals surface area contributed by atoms with E-state index in [-0.39, 0.29) is 17.5 Å². The van der Waals surface area contributed by atoms with E-state index in [0.717, 1.165) is 49.6 Å². The zero-order valence-electron chi connectivity index (χ0n) is 22.0. The van der Waals surface area contributed by atoms with Crippen molar-refractivity contribution in [1.82, 2.24) is 14.6 Å². The molecule has 6 heteroatoms. The number of amides is 1. The quantitative estimate of drug-likeness (QED) is 0.350. The van der Waals surface area contributed by atoms with Crippen LogP contribution in [0.2, 0.25) is 0 Å². The summed E-state index contributed by atoms with van der Waals surface area (Å²) in [5, 5.41) is 5.74. The van der Waals surface area contributed by atoms with Gasteiger partial charge in [-0.2, -0.15) is 0 Å². The summed E-state index contributed by atoms with van der Waals surface area (Å²) in [6.45, 7) is 11.1.